The van der Waals surface area contributed by atoms with Crippen LogP contribution in [-0.2, 0) is 23.8 Å². The molecule has 0 bridgehead atoms. The number of piperazine rings is 1. The highest BCUT2D eigenvalue weighted by Crippen LogP contribution is 2.37. The number of nitrogens with zero attached hydrogens (tertiary/aromatic N) is 6. The van der Waals surface area contributed by atoms with Crippen molar-refractivity contribution in [1.82, 2.24) is 23.5 Å². The number of alkyl halides is 6. The first-order chi connectivity index (χ1) is 22.3. The smallest absolute Gasteiger partial charge is 0.416 e. The van der Waals surface area contributed by atoms with Gasteiger partial charge in [0.25, 0.3) is 5.88 Å². The Morgan fingerprint density at radius 3 is 2.19 bits per heavy atom. The molecule has 0 aliphatic carbocycles. The van der Waals surface area contributed by atoms with Crippen LogP contribution >= 0.6 is 11.7 Å². The van der Waals surface area contributed by atoms with Crippen LogP contribution in [0, 0.1) is 5.92 Å². The number of urea groups is 1. The van der Waals surface area contributed by atoms with Crippen LogP contribution in [0.2, 0.25) is 0 Å². The van der Waals surface area contributed by atoms with Crippen molar-refractivity contribution >= 4 is 41.0 Å². The minimum absolute atomic E-state index is 0.000478. The molecule has 11 nitrogen and oxygen atoms in total. The van der Waals surface area contributed by atoms with E-state index in [4.69, 9.17) is 4.74 Å². The summed E-state index contributed by atoms with van der Waals surface area (Å²) < 4.78 is 93.6. The molecule has 2 aliphatic rings. The number of likely N-dealkylation sites (tertiary alicyclic amines) is 1. The number of hydrogen-bond donors (Lipinski definition) is 2. The van der Waals surface area contributed by atoms with Gasteiger partial charge in [0, 0.05) is 44.0 Å². The molecule has 0 saturated carbocycles. The number of pyridine rings is 1. The minimum Gasteiger partial charge on any atom is -0.470 e. The molecule has 2 saturated heterocycles. The van der Waals surface area contributed by atoms with Crippen LogP contribution in [0.1, 0.15) is 36.5 Å². The molecule has 2 aromatic heterocycles. The highest BCUT2D eigenvalue weighted by molar-refractivity contribution is 6.99. The number of halogens is 6. The average molecular weight is 687 g/mol. The number of anilines is 3. The highest BCUT2D eigenvalue weighted by Gasteiger charge is 2.37. The van der Waals surface area contributed by atoms with Crippen molar-refractivity contribution in [2.24, 2.45) is 5.92 Å². The molecule has 47 heavy (non-hydrogen) atoms. The van der Waals surface area contributed by atoms with Crippen LogP contribution in [0.5, 0.6) is 5.88 Å². The molecule has 2 aliphatic heterocycles. The quantitative estimate of drug-likeness (QED) is 0.296. The summed E-state index contributed by atoms with van der Waals surface area (Å²) in [5, 5.41) is 5.05. The standard InChI is InChI=1S/C29H32F6N8O3S/c1-2-41-7-4-19(5-8-41)25(44)38-23-13-18(3-6-36-23)17-46-26-24(39-47-40-26)42-9-11-43(12-10-42)27(45)37-22-15-20(28(30,31)32)14-21(16-22)29(33,34)35/h3,6,13-16,19H,2,4-5,7-12,17H2,1H3,(H,37,45)(H,36,38,44). The van der Waals surface area contributed by atoms with Crippen LogP contribution in [0.15, 0.2) is 36.5 Å². The fraction of sp³-hybridized carbons (Fsp3) is 0.483. The number of aromatic nitrogens is 3. The average Bonchev–Trinajstić information content (AvgIpc) is 3.52. The molecule has 1 aromatic carbocycles. The third-order valence-corrected chi connectivity index (χ3v) is 8.51. The van der Waals surface area contributed by atoms with Crippen molar-refractivity contribution in [1.29, 1.82) is 0 Å². The SMILES string of the molecule is CCN1CCC(C(=O)Nc2cc(COc3nsnc3N3CCN(C(=O)Nc4cc(C(F)(F)F)cc(C(F)(F)F)c4)CC3)ccn2)CC1. The Balaban J connectivity index is 1.14. The summed E-state index contributed by atoms with van der Waals surface area (Å²) in [5.74, 6) is 0.966. The molecule has 0 radical (unpaired) electrons. The third kappa shape index (κ3) is 8.79. The minimum atomic E-state index is -5.03. The summed E-state index contributed by atoms with van der Waals surface area (Å²) in [4.78, 5) is 35.2. The van der Waals surface area contributed by atoms with Crippen LogP contribution in [0.3, 0.4) is 0 Å². The zero-order valence-electron chi connectivity index (χ0n) is 25.2. The van der Waals surface area contributed by atoms with Gasteiger partial charge >= 0.3 is 18.4 Å². The molecule has 3 amide bonds. The van der Waals surface area contributed by atoms with E-state index in [2.05, 4.69) is 36.2 Å². The van der Waals surface area contributed by atoms with Crippen molar-refractivity contribution in [2.75, 3.05) is 61.3 Å². The molecule has 254 valence electrons. The first kappa shape index (κ1) is 34.2. The van der Waals surface area contributed by atoms with Crippen molar-refractivity contribution in [3.8, 4) is 5.88 Å². The Labute approximate surface area is 270 Å². The normalized spacial score (nSPS) is 16.7. The number of ether oxygens (including phenoxy) is 1. The van der Waals surface area contributed by atoms with Crippen molar-refractivity contribution in [2.45, 2.75) is 38.7 Å². The summed E-state index contributed by atoms with van der Waals surface area (Å²) in [6.45, 7) is 5.67. The summed E-state index contributed by atoms with van der Waals surface area (Å²) in [6, 6.07) is 3.55. The molecular formula is C29H32F6N8O3S. The second-order valence-corrected chi connectivity index (χ2v) is 11.7. The first-order valence-electron chi connectivity index (χ1n) is 14.8. The molecule has 18 heteroatoms. The summed E-state index contributed by atoms with van der Waals surface area (Å²) in [6.07, 6.45) is -6.91. The molecule has 2 N–H and O–H groups in total. The lowest BCUT2D eigenvalue weighted by Gasteiger charge is -2.34. The number of carbonyl (C=O) groups excluding carboxylic acids is 2. The van der Waals surface area contributed by atoms with Crippen LogP contribution in [-0.4, -0.2) is 81.3 Å². The van der Waals surface area contributed by atoms with Crippen molar-refractivity contribution < 1.29 is 40.7 Å². The van der Waals surface area contributed by atoms with E-state index < -0.39 is 35.2 Å². The largest absolute Gasteiger partial charge is 0.470 e. The number of benzene rings is 1. The van der Waals surface area contributed by atoms with Gasteiger partial charge in [0.2, 0.25) is 11.7 Å². The zero-order chi connectivity index (χ0) is 33.8. The zero-order valence-corrected chi connectivity index (χ0v) is 26.0. The van der Waals surface area contributed by atoms with Gasteiger partial charge in [0.1, 0.15) is 12.4 Å². The topological polar surface area (TPSA) is 116 Å². The lowest BCUT2D eigenvalue weighted by Crippen LogP contribution is -2.50. The summed E-state index contributed by atoms with van der Waals surface area (Å²) in [7, 11) is 0. The summed E-state index contributed by atoms with van der Waals surface area (Å²) in [5.41, 5.74) is -2.92. The Bertz CT molecular complexity index is 1520. The fourth-order valence-electron chi connectivity index (χ4n) is 5.33. The number of rotatable bonds is 8. The second kappa shape index (κ2) is 14.3. The predicted molar refractivity (Wildman–Crippen MR) is 161 cm³/mol. The van der Waals surface area contributed by atoms with E-state index in [1.54, 1.807) is 18.3 Å². The number of amides is 3. The van der Waals surface area contributed by atoms with Gasteiger partial charge in [-0.3, -0.25) is 4.79 Å². The number of hydrogen-bond acceptors (Lipinski definition) is 9. The second-order valence-electron chi connectivity index (χ2n) is 11.1. The summed E-state index contributed by atoms with van der Waals surface area (Å²) >= 11 is 0.923. The van der Waals surface area contributed by atoms with E-state index >= 15 is 0 Å². The Morgan fingerprint density at radius 2 is 1.57 bits per heavy atom. The Morgan fingerprint density at radius 1 is 0.915 bits per heavy atom. The fourth-order valence-corrected chi connectivity index (χ4v) is 5.85. The van der Waals surface area contributed by atoms with Gasteiger partial charge in [0.05, 0.1) is 22.9 Å². The highest BCUT2D eigenvalue weighted by atomic mass is 32.1. The van der Waals surface area contributed by atoms with Crippen LogP contribution < -0.4 is 20.3 Å². The Hall–Kier alpha value is -4.19. The van der Waals surface area contributed by atoms with Gasteiger partial charge in [-0.2, -0.15) is 30.7 Å². The van der Waals surface area contributed by atoms with E-state index in [9.17, 15) is 35.9 Å². The molecule has 4 heterocycles. The maximum absolute atomic E-state index is 13.2. The molecular weight excluding hydrogens is 654 g/mol. The van der Waals surface area contributed by atoms with Crippen molar-refractivity contribution in [3.05, 3.63) is 53.2 Å². The van der Waals surface area contributed by atoms with Gasteiger partial charge in [-0.05, 0) is 68.4 Å². The predicted octanol–water partition coefficient (Wildman–Crippen LogP) is 5.57. The monoisotopic (exact) mass is 686 g/mol. The van der Waals surface area contributed by atoms with Gasteiger partial charge < -0.3 is 30.1 Å². The Kier molecular flexibility index (Phi) is 10.4. The molecule has 5 rings (SSSR count). The van der Waals surface area contributed by atoms with Gasteiger partial charge in [-0.25, -0.2) is 9.78 Å². The maximum Gasteiger partial charge on any atom is 0.416 e. The third-order valence-electron chi connectivity index (χ3n) is 8.00. The molecule has 0 unspecified atom stereocenters. The van der Waals surface area contributed by atoms with Crippen molar-refractivity contribution in [3.63, 3.8) is 0 Å². The van der Waals surface area contributed by atoms with E-state index in [0.717, 1.165) is 49.8 Å². The lowest BCUT2D eigenvalue weighted by molar-refractivity contribution is -0.143. The number of carbonyl (C=O) groups is 2. The number of nitrogens with one attached hydrogen (secondary N) is 2. The molecule has 2 fully saturated rings. The first-order valence-corrected chi connectivity index (χ1v) is 15.6. The van der Waals surface area contributed by atoms with Crippen LogP contribution in [0.25, 0.3) is 0 Å². The van der Waals surface area contributed by atoms with E-state index in [-0.39, 0.29) is 56.6 Å². The van der Waals surface area contributed by atoms with Gasteiger partial charge in [0.15, 0.2) is 0 Å². The van der Waals surface area contributed by atoms with E-state index in [0.29, 0.717) is 23.8 Å². The van der Waals surface area contributed by atoms with Gasteiger partial charge in [-0.15, -0.1) is 4.37 Å². The van der Waals surface area contributed by atoms with E-state index in [1.807, 2.05) is 4.90 Å². The van der Waals surface area contributed by atoms with Gasteiger partial charge in [-0.1, -0.05) is 6.92 Å². The lowest BCUT2D eigenvalue weighted by atomic mass is 9.96. The molecule has 0 atom stereocenters. The molecule has 0 spiro atoms. The van der Waals surface area contributed by atoms with E-state index in [1.165, 1.54) is 4.90 Å². The van der Waals surface area contributed by atoms with Crippen LogP contribution in [0.4, 0.5) is 48.5 Å². The molecule has 3 aromatic rings. The maximum atomic E-state index is 13.2. The number of piperidine rings is 1.